The smallest absolute Gasteiger partial charge is 0.232 e. The fraction of sp³-hybridized carbons (Fsp3) is 0.588. The summed E-state index contributed by atoms with van der Waals surface area (Å²) in [6.45, 7) is 6.55. The number of halogens is 1. The van der Waals surface area contributed by atoms with Gasteiger partial charge in [-0.2, -0.15) is 0 Å². The minimum Gasteiger partial charge on any atom is -0.346 e. The van der Waals surface area contributed by atoms with E-state index in [9.17, 15) is 13.2 Å². The molecule has 0 fully saturated rings. The molecule has 0 aliphatic heterocycles. The van der Waals surface area contributed by atoms with Crippen molar-refractivity contribution < 1.29 is 13.2 Å². The van der Waals surface area contributed by atoms with Gasteiger partial charge in [0.2, 0.25) is 15.9 Å². The van der Waals surface area contributed by atoms with Crippen LogP contribution in [0.15, 0.2) is 12.1 Å². The molecule has 0 bridgehead atoms. The zero-order valence-corrected chi connectivity index (χ0v) is 16.7. The number of carbonyl (C=O) groups is 1. The molecule has 0 radical (unpaired) electrons. The van der Waals surface area contributed by atoms with Crippen LogP contribution in [-0.4, -0.2) is 45.6 Å². The Bertz CT molecular complexity index is 666. The lowest BCUT2D eigenvalue weighted by Crippen LogP contribution is -2.36. The van der Waals surface area contributed by atoms with E-state index in [1.54, 1.807) is 18.0 Å². The molecule has 0 saturated heterocycles. The molecule has 0 aliphatic carbocycles. The zero-order valence-electron chi connectivity index (χ0n) is 15.1. The van der Waals surface area contributed by atoms with Crippen LogP contribution in [-0.2, 0) is 14.8 Å². The van der Waals surface area contributed by atoms with Crippen LogP contribution < -0.4 is 4.31 Å². The fourth-order valence-electron chi connectivity index (χ4n) is 2.58. The fourth-order valence-corrected chi connectivity index (χ4v) is 4.05. The minimum atomic E-state index is -3.54. The third-order valence-corrected chi connectivity index (χ3v) is 5.30. The Labute approximate surface area is 150 Å². The van der Waals surface area contributed by atoms with Gasteiger partial charge in [0, 0.05) is 26.6 Å². The molecule has 7 heteroatoms. The third-order valence-electron chi connectivity index (χ3n) is 3.85. The highest BCUT2D eigenvalue weighted by Crippen LogP contribution is 2.32. The molecule has 0 saturated carbocycles. The summed E-state index contributed by atoms with van der Waals surface area (Å²) < 4.78 is 25.7. The number of amides is 1. The Morgan fingerprint density at radius 1 is 1.21 bits per heavy atom. The van der Waals surface area contributed by atoms with E-state index in [0.29, 0.717) is 17.3 Å². The average molecular weight is 375 g/mol. The van der Waals surface area contributed by atoms with Gasteiger partial charge in [0.1, 0.15) is 0 Å². The molecule has 0 spiro atoms. The standard InChI is InChI=1S/C17H27ClN2O3S/c1-6-7-9-19(4)16(21)8-10-20(24(5,22)23)17-14(3)11-13(2)12-15(17)18/h11-12H,6-10H2,1-5H3. The highest BCUT2D eigenvalue weighted by molar-refractivity contribution is 7.92. The molecular weight excluding hydrogens is 348 g/mol. The van der Waals surface area contributed by atoms with Crippen molar-refractivity contribution >= 4 is 33.2 Å². The van der Waals surface area contributed by atoms with Crippen LogP contribution in [0.5, 0.6) is 0 Å². The van der Waals surface area contributed by atoms with E-state index in [1.165, 1.54) is 4.31 Å². The van der Waals surface area contributed by atoms with Gasteiger partial charge >= 0.3 is 0 Å². The second kappa shape index (κ2) is 8.72. The largest absolute Gasteiger partial charge is 0.346 e. The Kier molecular flexibility index (Phi) is 7.55. The maximum Gasteiger partial charge on any atom is 0.232 e. The van der Waals surface area contributed by atoms with Crippen LogP contribution in [0.2, 0.25) is 5.02 Å². The van der Waals surface area contributed by atoms with Crippen LogP contribution in [0, 0.1) is 13.8 Å². The van der Waals surface area contributed by atoms with E-state index in [1.807, 2.05) is 19.9 Å². The van der Waals surface area contributed by atoms with Crippen LogP contribution in [0.3, 0.4) is 0 Å². The van der Waals surface area contributed by atoms with Gasteiger partial charge < -0.3 is 4.90 Å². The van der Waals surface area contributed by atoms with Gasteiger partial charge in [-0.1, -0.05) is 31.0 Å². The molecule has 136 valence electrons. The molecule has 0 aliphatic rings. The number of sulfonamides is 1. The average Bonchev–Trinajstić information content (AvgIpc) is 2.45. The molecule has 5 nitrogen and oxygen atoms in total. The Balaban J connectivity index is 3.00. The van der Waals surface area contributed by atoms with Gasteiger partial charge in [-0.3, -0.25) is 9.10 Å². The number of unbranched alkanes of at least 4 members (excludes halogenated alkanes) is 1. The zero-order chi connectivity index (χ0) is 18.5. The van der Waals surface area contributed by atoms with Crippen molar-refractivity contribution in [3.8, 4) is 0 Å². The van der Waals surface area contributed by atoms with Gasteiger partial charge in [-0.25, -0.2) is 8.42 Å². The summed E-state index contributed by atoms with van der Waals surface area (Å²) in [5.74, 6) is -0.0713. The number of nitrogens with zero attached hydrogens (tertiary/aromatic N) is 2. The van der Waals surface area contributed by atoms with E-state index < -0.39 is 10.0 Å². The molecule has 0 N–H and O–H groups in total. The number of carbonyl (C=O) groups excluding carboxylic acids is 1. The summed E-state index contributed by atoms with van der Waals surface area (Å²) in [4.78, 5) is 13.9. The topological polar surface area (TPSA) is 57.7 Å². The highest BCUT2D eigenvalue weighted by atomic mass is 35.5. The lowest BCUT2D eigenvalue weighted by molar-refractivity contribution is -0.129. The normalized spacial score (nSPS) is 11.4. The summed E-state index contributed by atoms with van der Waals surface area (Å²) in [6.07, 6.45) is 3.19. The van der Waals surface area contributed by atoms with Gasteiger partial charge in [-0.15, -0.1) is 0 Å². The minimum absolute atomic E-state index is 0.0713. The third kappa shape index (κ3) is 5.67. The first kappa shape index (κ1) is 20.8. The maximum atomic E-state index is 12.2. The van der Waals surface area contributed by atoms with Crippen molar-refractivity contribution in [1.29, 1.82) is 0 Å². The van der Waals surface area contributed by atoms with E-state index in [4.69, 9.17) is 11.6 Å². The number of hydrogen-bond acceptors (Lipinski definition) is 3. The van der Waals surface area contributed by atoms with Gasteiger partial charge in [0.25, 0.3) is 0 Å². The highest BCUT2D eigenvalue weighted by Gasteiger charge is 2.23. The first-order valence-electron chi connectivity index (χ1n) is 8.06. The number of benzene rings is 1. The van der Waals surface area contributed by atoms with E-state index in [-0.39, 0.29) is 18.9 Å². The predicted octanol–water partition coefficient (Wildman–Crippen LogP) is 3.37. The Hall–Kier alpha value is -1.27. The van der Waals surface area contributed by atoms with Crippen molar-refractivity contribution in [2.75, 3.05) is 30.7 Å². The van der Waals surface area contributed by atoms with Crippen molar-refractivity contribution in [3.05, 3.63) is 28.3 Å². The van der Waals surface area contributed by atoms with Crippen molar-refractivity contribution in [2.45, 2.75) is 40.0 Å². The summed E-state index contributed by atoms with van der Waals surface area (Å²) >= 11 is 6.28. The molecule has 0 atom stereocenters. The Morgan fingerprint density at radius 3 is 2.33 bits per heavy atom. The van der Waals surface area contributed by atoms with E-state index in [0.717, 1.165) is 30.2 Å². The molecule has 0 unspecified atom stereocenters. The van der Waals surface area contributed by atoms with Crippen LogP contribution in [0.4, 0.5) is 5.69 Å². The summed E-state index contributed by atoms with van der Waals surface area (Å²) in [5.41, 5.74) is 2.19. The quantitative estimate of drug-likeness (QED) is 0.700. The first-order chi connectivity index (χ1) is 11.1. The number of rotatable bonds is 8. The van der Waals surface area contributed by atoms with E-state index >= 15 is 0 Å². The van der Waals surface area contributed by atoms with Crippen LogP contribution in [0.1, 0.15) is 37.3 Å². The van der Waals surface area contributed by atoms with Crippen molar-refractivity contribution in [2.24, 2.45) is 0 Å². The van der Waals surface area contributed by atoms with Crippen molar-refractivity contribution in [1.82, 2.24) is 4.90 Å². The van der Waals surface area contributed by atoms with Gasteiger partial charge in [0.15, 0.2) is 0 Å². The number of aryl methyl sites for hydroxylation is 2. The summed E-state index contributed by atoms with van der Waals surface area (Å²) in [6, 6.07) is 3.62. The Morgan fingerprint density at radius 2 is 1.83 bits per heavy atom. The molecular formula is C17H27ClN2O3S. The molecule has 1 amide bonds. The molecule has 0 aromatic heterocycles. The lowest BCUT2D eigenvalue weighted by atomic mass is 10.1. The monoisotopic (exact) mass is 374 g/mol. The SMILES string of the molecule is CCCCN(C)C(=O)CCN(c1c(C)cc(C)cc1Cl)S(C)(=O)=O. The lowest BCUT2D eigenvalue weighted by Gasteiger charge is -2.26. The first-order valence-corrected chi connectivity index (χ1v) is 10.3. The van der Waals surface area contributed by atoms with Crippen molar-refractivity contribution in [3.63, 3.8) is 0 Å². The van der Waals surface area contributed by atoms with Crippen LogP contribution in [0.25, 0.3) is 0 Å². The predicted molar refractivity (Wildman–Crippen MR) is 100 cm³/mol. The molecule has 0 heterocycles. The second-order valence-electron chi connectivity index (χ2n) is 6.17. The second-order valence-corrected chi connectivity index (χ2v) is 8.48. The van der Waals surface area contributed by atoms with Crippen LogP contribution >= 0.6 is 11.6 Å². The maximum absolute atomic E-state index is 12.2. The molecule has 1 rings (SSSR count). The van der Waals surface area contributed by atoms with Gasteiger partial charge in [0.05, 0.1) is 17.0 Å². The van der Waals surface area contributed by atoms with E-state index in [2.05, 4.69) is 6.92 Å². The molecule has 24 heavy (non-hydrogen) atoms. The summed E-state index contributed by atoms with van der Waals surface area (Å²) in [7, 11) is -1.79. The summed E-state index contributed by atoms with van der Waals surface area (Å²) in [5, 5.41) is 0.379. The number of anilines is 1. The number of hydrogen-bond donors (Lipinski definition) is 0. The van der Waals surface area contributed by atoms with Gasteiger partial charge in [-0.05, 0) is 37.5 Å². The molecule has 1 aromatic carbocycles. The molecule has 1 aromatic rings.